The summed E-state index contributed by atoms with van der Waals surface area (Å²) in [5.74, 6) is 3.00. The van der Waals surface area contributed by atoms with Crippen molar-refractivity contribution < 1.29 is 4.74 Å². The van der Waals surface area contributed by atoms with E-state index in [1.807, 2.05) is 18.7 Å². The first-order chi connectivity index (χ1) is 8.41. The highest BCUT2D eigenvalue weighted by atomic mass is 35.5. The Kier molecular flexibility index (Phi) is 4.74. The van der Waals surface area contributed by atoms with Gasteiger partial charge in [0, 0.05) is 13.1 Å². The molecule has 0 amide bonds. The van der Waals surface area contributed by atoms with E-state index in [9.17, 15) is 0 Å². The number of nitrogens with zero attached hydrogens (tertiary/aromatic N) is 4. The van der Waals surface area contributed by atoms with Crippen molar-refractivity contribution in [3.8, 4) is 18.4 Å². The third kappa shape index (κ3) is 3.74. The molecule has 0 aliphatic heterocycles. The number of aromatic nitrogens is 3. The molecule has 0 N–H and O–H groups in total. The van der Waals surface area contributed by atoms with Crippen LogP contribution in [0.3, 0.4) is 0 Å². The molecule has 98 valence electrons. The molecule has 18 heavy (non-hydrogen) atoms. The molecule has 0 aliphatic rings. The molecule has 0 radical (unpaired) electrons. The van der Waals surface area contributed by atoms with E-state index in [1.54, 1.807) is 13.8 Å². The minimum atomic E-state index is -0.786. The van der Waals surface area contributed by atoms with Crippen molar-refractivity contribution in [1.29, 1.82) is 0 Å². The summed E-state index contributed by atoms with van der Waals surface area (Å²) in [6.45, 7) is 9.06. The first-order valence-electron chi connectivity index (χ1n) is 5.75. The molecule has 1 heterocycles. The first kappa shape index (κ1) is 14.5. The Labute approximate surface area is 113 Å². The number of hydrogen-bond donors (Lipinski definition) is 0. The van der Waals surface area contributed by atoms with Gasteiger partial charge in [0.2, 0.25) is 11.2 Å². The average Bonchev–Trinajstić information content (AvgIpc) is 2.29. The fourth-order valence-electron chi connectivity index (χ4n) is 1.27. The lowest BCUT2D eigenvalue weighted by Gasteiger charge is -2.21. The molecule has 5 nitrogen and oxygen atoms in total. The molecule has 0 atom stereocenters. The van der Waals surface area contributed by atoms with Gasteiger partial charge in [-0.15, -0.1) is 6.42 Å². The molecule has 0 bridgehead atoms. The fourth-order valence-corrected chi connectivity index (χ4v) is 1.42. The predicted molar refractivity (Wildman–Crippen MR) is 71.9 cm³/mol. The molecule has 1 aromatic rings. The van der Waals surface area contributed by atoms with E-state index in [1.165, 1.54) is 0 Å². The Hall–Kier alpha value is -1.54. The Morgan fingerprint density at radius 3 is 2.39 bits per heavy atom. The smallest absolute Gasteiger partial charge is 0.324 e. The molecule has 6 heteroatoms. The summed E-state index contributed by atoms with van der Waals surface area (Å²) in [6, 6.07) is 0.139. The lowest BCUT2D eigenvalue weighted by atomic mass is 10.2. The SMILES string of the molecule is C#CC(C)(C)Oc1nc(Cl)nc(N(CC)CC)n1. The van der Waals surface area contributed by atoms with Crippen LogP contribution in [0.2, 0.25) is 5.28 Å². The van der Waals surface area contributed by atoms with Gasteiger partial charge in [-0.3, -0.25) is 0 Å². The quantitative estimate of drug-likeness (QED) is 0.766. The standard InChI is InChI=1S/C12H17ClN4O/c1-6-12(4,5)18-11-15-9(13)14-10(16-11)17(7-2)8-3/h1H,7-8H2,2-5H3. The number of ether oxygens (including phenoxy) is 1. The molecule has 1 rings (SSSR count). The van der Waals surface area contributed by atoms with Crippen molar-refractivity contribution in [3.05, 3.63) is 5.28 Å². The van der Waals surface area contributed by atoms with E-state index in [0.717, 1.165) is 13.1 Å². The highest BCUT2D eigenvalue weighted by Gasteiger charge is 2.19. The van der Waals surface area contributed by atoms with E-state index in [0.29, 0.717) is 5.95 Å². The number of anilines is 1. The van der Waals surface area contributed by atoms with Gasteiger partial charge in [-0.1, -0.05) is 5.92 Å². The van der Waals surface area contributed by atoms with Gasteiger partial charge in [0.15, 0.2) is 5.60 Å². The normalized spacial score (nSPS) is 10.9. The first-order valence-corrected chi connectivity index (χ1v) is 6.13. The topological polar surface area (TPSA) is 51.1 Å². The van der Waals surface area contributed by atoms with Crippen LogP contribution in [0.5, 0.6) is 6.01 Å². The second-order valence-electron chi connectivity index (χ2n) is 4.12. The Morgan fingerprint density at radius 1 is 1.28 bits per heavy atom. The number of rotatable bonds is 5. The largest absolute Gasteiger partial charge is 0.444 e. The Balaban J connectivity index is 3.05. The van der Waals surface area contributed by atoms with Crippen LogP contribution in [0.1, 0.15) is 27.7 Å². The average molecular weight is 269 g/mol. The van der Waals surface area contributed by atoms with Crippen molar-refractivity contribution in [2.75, 3.05) is 18.0 Å². The van der Waals surface area contributed by atoms with Crippen molar-refractivity contribution in [1.82, 2.24) is 15.0 Å². The maximum absolute atomic E-state index is 5.86. The van der Waals surface area contributed by atoms with E-state index >= 15 is 0 Å². The molecule has 0 aliphatic carbocycles. The van der Waals surface area contributed by atoms with Gasteiger partial charge < -0.3 is 9.64 Å². The molecular weight excluding hydrogens is 252 g/mol. The second-order valence-corrected chi connectivity index (χ2v) is 4.45. The monoisotopic (exact) mass is 268 g/mol. The third-order valence-corrected chi connectivity index (χ3v) is 2.49. The van der Waals surface area contributed by atoms with Crippen LogP contribution in [0, 0.1) is 12.3 Å². The summed E-state index contributed by atoms with van der Waals surface area (Å²) in [7, 11) is 0. The second kappa shape index (κ2) is 5.87. The van der Waals surface area contributed by atoms with Gasteiger partial charge in [0.05, 0.1) is 0 Å². The van der Waals surface area contributed by atoms with Crippen molar-refractivity contribution in [2.24, 2.45) is 0 Å². The Morgan fingerprint density at radius 2 is 1.89 bits per heavy atom. The maximum Gasteiger partial charge on any atom is 0.324 e. The molecule has 0 aromatic carbocycles. The zero-order valence-electron chi connectivity index (χ0n) is 11.1. The highest BCUT2D eigenvalue weighted by molar-refractivity contribution is 6.28. The molecule has 1 aromatic heterocycles. The van der Waals surface area contributed by atoms with Gasteiger partial charge in [-0.25, -0.2) is 0 Å². The third-order valence-electron chi connectivity index (χ3n) is 2.32. The lowest BCUT2D eigenvalue weighted by molar-refractivity contribution is 0.156. The van der Waals surface area contributed by atoms with E-state index in [4.69, 9.17) is 22.8 Å². The molecule has 0 saturated heterocycles. The van der Waals surface area contributed by atoms with Crippen LogP contribution < -0.4 is 9.64 Å². The van der Waals surface area contributed by atoms with Crippen molar-refractivity contribution in [2.45, 2.75) is 33.3 Å². The van der Waals surface area contributed by atoms with Gasteiger partial charge in [0.25, 0.3) is 0 Å². The summed E-state index contributed by atoms with van der Waals surface area (Å²) >= 11 is 5.86. The zero-order chi connectivity index (χ0) is 13.8. The van der Waals surface area contributed by atoms with Crippen LogP contribution in [0.4, 0.5) is 5.95 Å². The molecule has 0 saturated carbocycles. The van der Waals surface area contributed by atoms with E-state index in [-0.39, 0.29) is 11.3 Å². The summed E-state index contributed by atoms with van der Waals surface area (Å²) in [4.78, 5) is 14.1. The number of halogens is 1. The van der Waals surface area contributed by atoms with Gasteiger partial charge in [-0.05, 0) is 39.3 Å². The lowest BCUT2D eigenvalue weighted by Crippen LogP contribution is -2.28. The summed E-state index contributed by atoms with van der Waals surface area (Å²) in [5.41, 5.74) is -0.786. The minimum absolute atomic E-state index is 0.0923. The summed E-state index contributed by atoms with van der Waals surface area (Å²) < 4.78 is 5.50. The van der Waals surface area contributed by atoms with Crippen molar-refractivity contribution >= 4 is 17.5 Å². The van der Waals surface area contributed by atoms with Gasteiger partial charge >= 0.3 is 6.01 Å². The summed E-state index contributed by atoms with van der Waals surface area (Å²) in [6.07, 6.45) is 5.35. The van der Waals surface area contributed by atoms with E-state index < -0.39 is 5.60 Å². The van der Waals surface area contributed by atoms with Crippen LogP contribution in [0.25, 0.3) is 0 Å². The predicted octanol–water partition coefficient (Wildman–Crippen LogP) is 2.16. The number of terminal acetylenes is 1. The molecule has 0 spiro atoms. The van der Waals surface area contributed by atoms with Crippen LogP contribution in [0.15, 0.2) is 0 Å². The van der Waals surface area contributed by atoms with Crippen LogP contribution in [-0.4, -0.2) is 33.6 Å². The summed E-state index contributed by atoms with van der Waals surface area (Å²) in [5, 5.41) is 0.0923. The fraction of sp³-hybridized carbons (Fsp3) is 0.583. The highest BCUT2D eigenvalue weighted by Crippen LogP contribution is 2.18. The molecule has 0 unspecified atom stereocenters. The minimum Gasteiger partial charge on any atom is -0.444 e. The zero-order valence-corrected chi connectivity index (χ0v) is 11.8. The number of hydrogen-bond acceptors (Lipinski definition) is 5. The van der Waals surface area contributed by atoms with Crippen LogP contribution in [-0.2, 0) is 0 Å². The molecule has 0 fully saturated rings. The molecular formula is C12H17ClN4O. The van der Waals surface area contributed by atoms with Gasteiger partial charge in [0.1, 0.15) is 0 Å². The van der Waals surface area contributed by atoms with Gasteiger partial charge in [-0.2, -0.15) is 15.0 Å². The maximum atomic E-state index is 5.86. The van der Waals surface area contributed by atoms with Crippen molar-refractivity contribution in [3.63, 3.8) is 0 Å². The Bertz CT molecular complexity index is 452. The van der Waals surface area contributed by atoms with E-state index in [2.05, 4.69) is 20.9 Å². The van der Waals surface area contributed by atoms with Crippen LogP contribution >= 0.6 is 11.6 Å².